The minimum atomic E-state index is -0.331. The van der Waals surface area contributed by atoms with Crippen molar-refractivity contribution in [3.05, 3.63) is 76.7 Å². The van der Waals surface area contributed by atoms with E-state index in [1.54, 1.807) is 31.3 Å². The summed E-state index contributed by atoms with van der Waals surface area (Å²) in [5, 5.41) is 0.475. The molecule has 5 nitrogen and oxygen atoms in total. The lowest BCUT2D eigenvalue weighted by molar-refractivity contribution is 0.0953. The van der Waals surface area contributed by atoms with Crippen molar-refractivity contribution in [3.63, 3.8) is 0 Å². The Kier molecular flexibility index (Phi) is 6.02. The van der Waals surface area contributed by atoms with E-state index in [9.17, 15) is 9.18 Å². The number of nitrogens with two attached hydrogens (primary N) is 1. The largest absolute Gasteiger partial charge is 0.489 e. The van der Waals surface area contributed by atoms with Crippen LogP contribution in [0.2, 0.25) is 0 Å². The summed E-state index contributed by atoms with van der Waals surface area (Å²) in [5.41, 5.74) is 6.58. The van der Waals surface area contributed by atoms with Gasteiger partial charge >= 0.3 is 0 Å². The van der Waals surface area contributed by atoms with Gasteiger partial charge in [-0.05, 0) is 66.9 Å². The number of nitrogens with zero attached hydrogens (tertiary/aromatic N) is 1. The molecule has 0 aliphatic rings. The molecule has 0 spiro atoms. The zero-order valence-corrected chi connectivity index (χ0v) is 16.8. The third kappa shape index (κ3) is 4.35. The zero-order valence-electron chi connectivity index (χ0n) is 15.6. The number of hydrazine groups is 1. The standard InChI is InChI=1S/C21H21FN3O2P/c1-12-7-15(3-4-17(12)21(26)25-23)18-9-14(5-6-24-18)11-27-16-8-13(2)20(22)19(28)10-16/h3-10H,11,23,28H2,1-2H3,(H,25,26). The van der Waals surface area contributed by atoms with Crippen LogP contribution in [0.5, 0.6) is 5.75 Å². The Morgan fingerprint density at radius 1 is 1.18 bits per heavy atom. The Hall–Kier alpha value is -2.82. The molecule has 0 saturated carbocycles. The van der Waals surface area contributed by atoms with Crippen LogP contribution in [-0.4, -0.2) is 10.9 Å². The second-order valence-electron chi connectivity index (χ2n) is 6.48. The fourth-order valence-electron chi connectivity index (χ4n) is 2.89. The Labute approximate surface area is 165 Å². The van der Waals surface area contributed by atoms with Gasteiger partial charge in [-0.25, -0.2) is 10.2 Å². The Morgan fingerprint density at radius 2 is 1.96 bits per heavy atom. The van der Waals surface area contributed by atoms with Crippen LogP contribution in [0.3, 0.4) is 0 Å². The van der Waals surface area contributed by atoms with Crippen molar-refractivity contribution in [1.29, 1.82) is 0 Å². The molecule has 1 unspecified atom stereocenters. The molecule has 3 N–H and O–H groups in total. The lowest BCUT2D eigenvalue weighted by Gasteiger charge is -2.11. The normalized spacial score (nSPS) is 10.6. The second kappa shape index (κ2) is 8.46. The number of carbonyl (C=O) groups excluding carboxylic acids is 1. The maximum atomic E-state index is 13.7. The maximum absolute atomic E-state index is 13.7. The fourth-order valence-corrected chi connectivity index (χ4v) is 3.28. The first kappa shape index (κ1) is 19.9. The van der Waals surface area contributed by atoms with Gasteiger partial charge in [-0.15, -0.1) is 9.24 Å². The van der Waals surface area contributed by atoms with Crippen molar-refractivity contribution >= 4 is 20.5 Å². The van der Waals surface area contributed by atoms with E-state index >= 15 is 0 Å². The first-order chi connectivity index (χ1) is 13.4. The zero-order chi connectivity index (χ0) is 20.3. The summed E-state index contributed by atoms with van der Waals surface area (Å²) in [6, 6.07) is 12.6. The minimum absolute atomic E-state index is 0.245. The number of hydrogen-bond donors (Lipinski definition) is 2. The van der Waals surface area contributed by atoms with Crippen molar-refractivity contribution in [3.8, 4) is 17.0 Å². The molecule has 7 heteroatoms. The summed E-state index contributed by atoms with van der Waals surface area (Å²) in [6.07, 6.45) is 1.71. The predicted octanol–water partition coefficient (Wildman–Crippen LogP) is 3.19. The van der Waals surface area contributed by atoms with Gasteiger partial charge in [0, 0.05) is 22.6 Å². The van der Waals surface area contributed by atoms with Gasteiger partial charge in [0.05, 0.1) is 5.69 Å². The highest BCUT2D eigenvalue weighted by Crippen LogP contribution is 2.23. The van der Waals surface area contributed by atoms with Crippen LogP contribution in [0.4, 0.5) is 4.39 Å². The summed E-state index contributed by atoms with van der Waals surface area (Å²) >= 11 is 0. The first-order valence-corrected chi connectivity index (χ1v) is 9.22. The van der Waals surface area contributed by atoms with E-state index < -0.39 is 0 Å². The highest BCUT2D eigenvalue weighted by Gasteiger charge is 2.10. The molecule has 1 amide bonds. The number of benzene rings is 2. The molecule has 2 aromatic carbocycles. The monoisotopic (exact) mass is 397 g/mol. The topological polar surface area (TPSA) is 77.2 Å². The van der Waals surface area contributed by atoms with Gasteiger partial charge < -0.3 is 4.74 Å². The smallest absolute Gasteiger partial charge is 0.265 e. The molecular weight excluding hydrogens is 376 g/mol. The average molecular weight is 397 g/mol. The SMILES string of the molecule is Cc1cc(-c2cc(COc3cc(C)c(F)c(P)c3)ccn2)ccc1C(=O)NN. The lowest BCUT2D eigenvalue weighted by Crippen LogP contribution is -2.30. The van der Waals surface area contributed by atoms with Crippen LogP contribution in [0, 0.1) is 19.7 Å². The first-order valence-electron chi connectivity index (χ1n) is 8.64. The summed E-state index contributed by atoms with van der Waals surface area (Å²) in [4.78, 5) is 16.1. The molecule has 0 saturated heterocycles. The summed E-state index contributed by atoms with van der Waals surface area (Å²) in [7, 11) is 2.37. The maximum Gasteiger partial charge on any atom is 0.265 e. The van der Waals surface area contributed by atoms with E-state index in [-0.39, 0.29) is 11.7 Å². The molecule has 28 heavy (non-hydrogen) atoms. The number of amides is 1. The van der Waals surface area contributed by atoms with Gasteiger partial charge in [-0.2, -0.15) is 0 Å². The minimum Gasteiger partial charge on any atom is -0.489 e. The van der Waals surface area contributed by atoms with E-state index in [1.165, 1.54) is 0 Å². The molecule has 1 heterocycles. The molecule has 1 atom stereocenters. The van der Waals surface area contributed by atoms with Gasteiger partial charge in [0.1, 0.15) is 18.2 Å². The van der Waals surface area contributed by atoms with E-state index in [0.29, 0.717) is 28.8 Å². The Morgan fingerprint density at radius 3 is 2.64 bits per heavy atom. The third-order valence-corrected chi connectivity index (χ3v) is 4.80. The Bertz CT molecular complexity index is 1020. The fraction of sp³-hybridized carbons (Fsp3) is 0.143. The van der Waals surface area contributed by atoms with E-state index in [2.05, 4.69) is 19.6 Å². The second-order valence-corrected chi connectivity index (χ2v) is 7.11. The number of rotatable bonds is 5. The number of nitrogens with one attached hydrogen (secondary N) is 1. The van der Waals surface area contributed by atoms with Crippen molar-refractivity contribution in [1.82, 2.24) is 10.4 Å². The van der Waals surface area contributed by atoms with Gasteiger partial charge in [-0.3, -0.25) is 15.2 Å². The summed E-state index contributed by atoms with van der Waals surface area (Å²) in [5.74, 6) is 5.23. The van der Waals surface area contributed by atoms with Gasteiger partial charge in [0.15, 0.2) is 0 Å². The summed E-state index contributed by atoms with van der Waals surface area (Å²) in [6.45, 7) is 3.88. The molecular formula is C21H21FN3O2P. The van der Waals surface area contributed by atoms with E-state index in [4.69, 9.17) is 10.6 Å². The van der Waals surface area contributed by atoms with Gasteiger partial charge in [0.25, 0.3) is 5.91 Å². The van der Waals surface area contributed by atoms with Crippen LogP contribution in [0.1, 0.15) is 27.0 Å². The highest BCUT2D eigenvalue weighted by molar-refractivity contribution is 7.27. The van der Waals surface area contributed by atoms with Gasteiger partial charge in [0.2, 0.25) is 0 Å². The third-order valence-electron chi connectivity index (χ3n) is 4.38. The van der Waals surface area contributed by atoms with E-state index in [0.717, 1.165) is 22.4 Å². The molecule has 144 valence electrons. The van der Waals surface area contributed by atoms with Crippen LogP contribution < -0.4 is 21.3 Å². The predicted molar refractivity (Wildman–Crippen MR) is 111 cm³/mol. The van der Waals surface area contributed by atoms with Crippen molar-refractivity contribution in [2.75, 3.05) is 0 Å². The van der Waals surface area contributed by atoms with Crippen molar-refractivity contribution in [2.24, 2.45) is 5.84 Å². The number of aryl methyl sites for hydroxylation is 2. The highest BCUT2D eigenvalue weighted by atomic mass is 31.0. The van der Waals surface area contributed by atoms with Crippen molar-refractivity contribution < 1.29 is 13.9 Å². The average Bonchev–Trinajstić information content (AvgIpc) is 2.70. The Balaban J connectivity index is 1.79. The van der Waals surface area contributed by atoms with Crippen molar-refractivity contribution in [2.45, 2.75) is 20.5 Å². The number of ether oxygens (including phenoxy) is 1. The molecule has 0 bridgehead atoms. The molecule has 0 aliphatic carbocycles. The number of carbonyl (C=O) groups is 1. The molecule has 3 aromatic rings. The number of halogens is 1. The molecule has 0 radical (unpaired) electrons. The van der Waals surface area contributed by atoms with E-state index in [1.807, 2.05) is 31.2 Å². The molecule has 0 fully saturated rings. The lowest BCUT2D eigenvalue weighted by atomic mass is 10.0. The number of hydrogen-bond acceptors (Lipinski definition) is 4. The number of pyridine rings is 1. The van der Waals surface area contributed by atoms with Gasteiger partial charge in [-0.1, -0.05) is 6.07 Å². The molecule has 0 aliphatic heterocycles. The summed E-state index contributed by atoms with van der Waals surface area (Å²) < 4.78 is 19.5. The van der Waals surface area contributed by atoms with Crippen LogP contribution >= 0.6 is 9.24 Å². The van der Waals surface area contributed by atoms with Crippen LogP contribution in [0.25, 0.3) is 11.3 Å². The van der Waals surface area contributed by atoms with Crippen LogP contribution in [-0.2, 0) is 6.61 Å². The number of aromatic nitrogens is 1. The quantitative estimate of drug-likeness (QED) is 0.300. The molecule has 3 rings (SSSR count). The van der Waals surface area contributed by atoms with Crippen LogP contribution in [0.15, 0.2) is 48.7 Å². The molecule has 1 aromatic heterocycles. The number of nitrogen functional groups attached to an aromatic ring is 1.